The van der Waals surface area contributed by atoms with Gasteiger partial charge in [0.25, 0.3) is 0 Å². The minimum absolute atomic E-state index is 0.0212. The molecule has 36 heavy (non-hydrogen) atoms. The highest BCUT2D eigenvalue weighted by Crippen LogP contribution is 2.34. The largest absolute Gasteiger partial charge is 0.481 e. The fourth-order valence-electron chi connectivity index (χ4n) is 3.86. The van der Waals surface area contributed by atoms with E-state index in [1.807, 2.05) is 13.0 Å². The molecule has 0 spiro atoms. The van der Waals surface area contributed by atoms with Crippen molar-refractivity contribution in [2.24, 2.45) is 5.92 Å². The van der Waals surface area contributed by atoms with Crippen LogP contribution in [0.15, 0.2) is 18.2 Å². The number of nitrogens with zero attached hydrogens (tertiary/aromatic N) is 3. The number of methoxy groups -OCH3 is 2. The van der Waals surface area contributed by atoms with E-state index in [9.17, 15) is 10.1 Å². The fraction of sp³-hybridized carbons (Fsp3) is 0.520. The average molecular weight is 501 g/mol. The Hall–Kier alpha value is -3.81. The molecule has 1 fully saturated rings. The maximum Gasteiger partial charge on any atom is 0.407 e. The SMILES string of the molecule is COc1cc(Nc2nc(N[C@H](C3CCC3)[C@H](C)NC(=O)OC(C)(C)C)c(F)cc2C#N)cc(OC)n1. The van der Waals surface area contributed by atoms with Gasteiger partial charge >= 0.3 is 6.09 Å². The predicted octanol–water partition coefficient (Wildman–Crippen LogP) is 4.74. The Morgan fingerprint density at radius 1 is 1.14 bits per heavy atom. The standard InChI is InChI=1S/C25H33FN6O4/c1-14(28-24(33)36-25(2,3)4)21(15-8-7-9-15)31-23-18(26)10-16(13-27)22(32-23)29-17-11-19(34-5)30-20(12-17)35-6/h10-12,14-15,21H,7-9H2,1-6H3,(H,28,33)(H2,29,30,31,32)/t14-,21-/m0/s1. The first-order chi connectivity index (χ1) is 17.0. The molecule has 0 aromatic carbocycles. The summed E-state index contributed by atoms with van der Waals surface area (Å²) < 4.78 is 30.8. The molecular weight excluding hydrogens is 467 g/mol. The third-order valence-electron chi connectivity index (χ3n) is 5.80. The fourth-order valence-corrected chi connectivity index (χ4v) is 3.86. The number of hydrogen-bond acceptors (Lipinski definition) is 9. The molecule has 2 aromatic rings. The molecule has 1 saturated carbocycles. The third-order valence-corrected chi connectivity index (χ3v) is 5.80. The topological polar surface area (TPSA) is 130 Å². The van der Waals surface area contributed by atoms with Crippen LogP contribution in [0.25, 0.3) is 0 Å². The van der Waals surface area contributed by atoms with E-state index < -0.39 is 17.5 Å². The summed E-state index contributed by atoms with van der Waals surface area (Å²) >= 11 is 0. The zero-order valence-electron chi connectivity index (χ0n) is 21.4. The Morgan fingerprint density at radius 2 is 1.78 bits per heavy atom. The van der Waals surface area contributed by atoms with Gasteiger partial charge in [-0.05, 0) is 52.5 Å². The number of pyridine rings is 2. The number of alkyl carbamates (subject to hydrolysis) is 1. The van der Waals surface area contributed by atoms with Crippen LogP contribution in [0, 0.1) is 23.1 Å². The summed E-state index contributed by atoms with van der Waals surface area (Å²) in [6.07, 6.45) is 2.40. The number of amides is 1. The van der Waals surface area contributed by atoms with Crippen molar-refractivity contribution in [2.45, 2.75) is 64.6 Å². The average Bonchev–Trinajstić information content (AvgIpc) is 2.77. The molecule has 1 amide bonds. The zero-order valence-corrected chi connectivity index (χ0v) is 21.4. The first kappa shape index (κ1) is 26.8. The third kappa shape index (κ3) is 6.87. The lowest BCUT2D eigenvalue weighted by Gasteiger charge is -2.38. The van der Waals surface area contributed by atoms with E-state index in [2.05, 4.69) is 25.9 Å². The van der Waals surface area contributed by atoms with Crippen LogP contribution in [0.1, 0.15) is 52.5 Å². The van der Waals surface area contributed by atoms with Crippen molar-refractivity contribution >= 4 is 23.4 Å². The highest BCUT2D eigenvalue weighted by molar-refractivity contribution is 5.69. The summed E-state index contributed by atoms with van der Waals surface area (Å²) in [6.45, 7) is 7.21. The van der Waals surface area contributed by atoms with Crippen LogP contribution in [-0.2, 0) is 4.74 Å². The summed E-state index contributed by atoms with van der Waals surface area (Å²) in [7, 11) is 2.94. The second kappa shape index (κ2) is 11.3. The van der Waals surface area contributed by atoms with E-state index >= 15 is 4.39 Å². The molecule has 10 nitrogen and oxygen atoms in total. The Labute approximate surface area is 210 Å². The van der Waals surface area contributed by atoms with Crippen molar-refractivity contribution in [3.8, 4) is 17.8 Å². The van der Waals surface area contributed by atoms with Crippen molar-refractivity contribution in [3.05, 3.63) is 29.6 Å². The Bertz CT molecular complexity index is 1100. The van der Waals surface area contributed by atoms with Crippen LogP contribution in [-0.4, -0.2) is 48.0 Å². The van der Waals surface area contributed by atoms with Gasteiger partial charge in [-0.15, -0.1) is 0 Å². The van der Waals surface area contributed by atoms with Crippen molar-refractivity contribution in [1.29, 1.82) is 5.26 Å². The molecule has 0 bridgehead atoms. The van der Waals surface area contributed by atoms with Crippen LogP contribution >= 0.6 is 0 Å². The maximum atomic E-state index is 15.0. The molecule has 2 atom stereocenters. The van der Waals surface area contributed by atoms with Crippen LogP contribution in [0.4, 0.5) is 26.5 Å². The first-order valence-corrected chi connectivity index (χ1v) is 11.8. The smallest absolute Gasteiger partial charge is 0.407 e. The molecule has 1 aliphatic rings. The number of nitrogens with one attached hydrogen (secondary N) is 3. The monoisotopic (exact) mass is 500 g/mol. The number of hydrogen-bond donors (Lipinski definition) is 3. The van der Waals surface area contributed by atoms with Gasteiger partial charge in [-0.3, -0.25) is 0 Å². The molecule has 2 aromatic heterocycles. The Morgan fingerprint density at radius 3 is 2.28 bits per heavy atom. The summed E-state index contributed by atoms with van der Waals surface area (Å²) in [4.78, 5) is 20.9. The molecule has 194 valence electrons. The van der Waals surface area contributed by atoms with E-state index in [-0.39, 0.29) is 35.2 Å². The van der Waals surface area contributed by atoms with Gasteiger partial charge in [-0.2, -0.15) is 10.2 Å². The van der Waals surface area contributed by atoms with Gasteiger partial charge in [0, 0.05) is 18.2 Å². The highest BCUT2D eigenvalue weighted by atomic mass is 19.1. The van der Waals surface area contributed by atoms with Gasteiger partial charge in [0.2, 0.25) is 11.8 Å². The summed E-state index contributed by atoms with van der Waals surface area (Å²) in [5.41, 5.74) is -0.119. The van der Waals surface area contributed by atoms with Crippen LogP contribution < -0.4 is 25.4 Å². The van der Waals surface area contributed by atoms with Crippen molar-refractivity contribution < 1.29 is 23.4 Å². The normalized spacial score (nSPS) is 15.1. The van der Waals surface area contributed by atoms with E-state index in [0.29, 0.717) is 17.4 Å². The van der Waals surface area contributed by atoms with Crippen LogP contribution in [0.3, 0.4) is 0 Å². The number of nitriles is 1. The van der Waals surface area contributed by atoms with Crippen molar-refractivity contribution in [2.75, 3.05) is 24.9 Å². The second-order valence-corrected chi connectivity index (χ2v) is 9.69. The summed E-state index contributed by atoms with van der Waals surface area (Å²) in [5.74, 6) is 0.259. The Kier molecular flexibility index (Phi) is 8.40. The number of rotatable bonds is 9. The molecule has 0 aliphatic heterocycles. The molecule has 0 unspecified atom stereocenters. The lowest BCUT2D eigenvalue weighted by molar-refractivity contribution is 0.0492. The number of aromatic nitrogens is 2. The Balaban J connectivity index is 1.87. The molecule has 11 heteroatoms. The molecule has 3 rings (SSSR count). The zero-order chi connectivity index (χ0) is 26.5. The van der Waals surface area contributed by atoms with E-state index in [0.717, 1.165) is 25.3 Å². The van der Waals surface area contributed by atoms with E-state index in [1.54, 1.807) is 32.9 Å². The first-order valence-electron chi connectivity index (χ1n) is 11.8. The second-order valence-electron chi connectivity index (χ2n) is 9.69. The van der Waals surface area contributed by atoms with Crippen molar-refractivity contribution in [1.82, 2.24) is 15.3 Å². The van der Waals surface area contributed by atoms with Crippen molar-refractivity contribution in [3.63, 3.8) is 0 Å². The quantitative estimate of drug-likeness (QED) is 0.447. The summed E-state index contributed by atoms with van der Waals surface area (Å²) in [6, 6.07) is 5.63. The van der Waals surface area contributed by atoms with Crippen LogP contribution in [0.5, 0.6) is 11.8 Å². The highest BCUT2D eigenvalue weighted by Gasteiger charge is 2.34. The van der Waals surface area contributed by atoms with Crippen LogP contribution in [0.2, 0.25) is 0 Å². The van der Waals surface area contributed by atoms with E-state index in [1.165, 1.54) is 14.2 Å². The minimum Gasteiger partial charge on any atom is -0.481 e. The van der Waals surface area contributed by atoms with Gasteiger partial charge in [0.05, 0.1) is 31.5 Å². The molecule has 1 aliphatic carbocycles. The molecule has 0 radical (unpaired) electrons. The predicted molar refractivity (Wildman–Crippen MR) is 133 cm³/mol. The number of ether oxygens (including phenoxy) is 3. The molecule has 2 heterocycles. The summed E-state index contributed by atoms with van der Waals surface area (Å²) in [5, 5.41) is 18.6. The molecule has 3 N–H and O–H groups in total. The van der Waals surface area contributed by atoms with Gasteiger partial charge in [0.1, 0.15) is 11.7 Å². The number of carbonyl (C=O) groups is 1. The lowest BCUT2D eigenvalue weighted by Crippen LogP contribution is -2.51. The van der Waals surface area contributed by atoms with Gasteiger partial charge in [-0.1, -0.05) is 6.42 Å². The van der Waals surface area contributed by atoms with Gasteiger partial charge in [-0.25, -0.2) is 14.2 Å². The lowest BCUT2D eigenvalue weighted by atomic mass is 9.77. The number of halogens is 1. The van der Waals surface area contributed by atoms with Gasteiger partial charge in [0.15, 0.2) is 17.5 Å². The number of carbonyl (C=O) groups excluding carboxylic acids is 1. The minimum atomic E-state index is -0.671. The van der Waals surface area contributed by atoms with E-state index in [4.69, 9.17) is 14.2 Å². The van der Waals surface area contributed by atoms with Gasteiger partial charge < -0.3 is 30.2 Å². The maximum absolute atomic E-state index is 15.0. The molecular formula is C25H33FN6O4. The number of anilines is 3. The molecule has 0 saturated heterocycles.